The summed E-state index contributed by atoms with van der Waals surface area (Å²) in [5, 5.41) is 3.68. The Hall–Kier alpha value is -2.25. The molecule has 0 aromatic carbocycles. The number of rotatable bonds is 5. The fraction of sp³-hybridized carbons (Fsp3) is 0.545. The highest BCUT2D eigenvalue weighted by Gasteiger charge is 2.44. The zero-order valence-corrected chi connectivity index (χ0v) is 10.8. The van der Waals surface area contributed by atoms with Gasteiger partial charge in [0.1, 0.15) is 0 Å². The molecule has 1 saturated heterocycles. The highest BCUT2D eigenvalue weighted by Crippen LogP contribution is 2.14. The molecule has 0 saturated carbocycles. The van der Waals surface area contributed by atoms with Crippen LogP contribution in [0.25, 0.3) is 0 Å². The Labute approximate surface area is 109 Å². The van der Waals surface area contributed by atoms with Crippen LogP contribution >= 0.6 is 0 Å². The van der Waals surface area contributed by atoms with Gasteiger partial charge in [-0.25, -0.2) is 9.69 Å². The van der Waals surface area contributed by atoms with E-state index in [1.54, 1.807) is 6.92 Å². The first kappa shape index (κ1) is 13.2. The van der Waals surface area contributed by atoms with E-state index in [1.165, 1.54) is 0 Å². The third kappa shape index (κ3) is 2.33. The van der Waals surface area contributed by atoms with Crippen LogP contribution in [0.1, 0.15) is 32.0 Å². The van der Waals surface area contributed by atoms with Gasteiger partial charge in [-0.3, -0.25) is 14.5 Å². The molecule has 4 amide bonds. The molecule has 0 atom stereocenters. The Kier molecular flexibility index (Phi) is 3.59. The maximum atomic E-state index is 11.8. The minimum Gasteiger partial charge on any atom is -0.339 e. The van der Waals surface area contributed by atoms with Crippen molar-refractivity contribution in [3.05, 3.63) is 11.7 Å². The van der Waals surface area contributed by atoms with Crippen molar-refractivity contribution in [3.8, 4) is 0 Å². The van der Waals surface area contributed by atoms with E-state index in [-0.39, 0.29) is 18.9 Å². The SMILES string of the molecule is CCCc1nc(CN2C(=O)C(=O)N(CC)C2=O)no1. The number of likely N-dealkylation sites (N-methyl/N-ethyl adjacent to an activating group) is 1. The molecule has 1 fully saturated rings. The fourth-order valence-electron chi connectivity index (χ4n) is 1.78. The number of carbonyl (C=O) groups excluding carboxylic acids is 3. The average molecular weight is 266 g/mol. The quantitative estimate of drug-likeness (QED) is 0.563. The topological polar surface area (TPSA) is 96.6 Å². The van der Waals surface area contributed by atoms with Gasteiger partial charge in [0.25, 0.3) is 0 Å². The fourth-order valence-corrected chi connectivity index (χ4v) is 1.78. The third-order valence-corrected chi connectivity index (χ3v) is 2.72. The molecular weight excluding hydrogens is 252 g/mol. The van der Waals surface area contributed by atoms with E-state index < -0.39 is 17.8 Å². The van der Waals surface area contributed by atoms with E-state index in [1.807, 2.05) is 6.92 Å². The van der Waals surface area contributed by atoms with E-state index in [0.29, 0.717) is 12.3 Å². The van der Waals surface area contributed by atoms with Crippen molar-refractivity contribution in [2.24, 2.45) is 0 Å². The van der Waals surface area contributed by atoms with Crippen molar-refractivity contribution in [2.75, 3.05) is 6.54 Å². The van der Waals surface area contributed by atoms with Crippen LogP contribution in [0.4, 0.5) is 4.79 Å². The second-order valence-electron chi connectivity index (χ2n) is 4.08. The lowest BCUT2D eigenvalue weighted by Crippen LogP contribution is -2.33. The largest absolute Gasteiger partial charge is 0.339 e. The van der Waals surface area contributed by atoms with Gasteiger partial charge in [-0.15, -0.1) is 0 Å². The van der Waals surface area contributed by atoms with E-state index in [2.05, 4.69) is 10.1 Å². The Morgan fingerprint density at radius 3 is 2.37 bits per heavy atom. The van der Waals surface area contributed by atoms with E-state index in [0.717, 1.165) is 16.2 Å². The van der Waals surface area contributed by atoms with Gasteiger partial charge in [0.2, 0.25) is 5.89 Å². The Bertz CT molecular complexity index is 525. The van der Waals surface area contributed by atoms with Crippen LogP contribution < -0.4 is 0 Å². The molecule has 19 heavy (non-hydrogen) atoms. The van der Waals surface area contributed by atoms with Crippen molar-refractivity contribution in [1.29, 1.82) is 0 Å². The molecule has 0 spiro atoms. The molecule has 2 heterocycles. The molecule has 0 aliphatic carbocycles. The Balaban J connectivity index is 2.12. The summed E-state index contributed by atoms with van der Waals surface area (Å²) in [5.74, 6) is -0.996. The van der Waals surface area contributed by atoms with Gasteiger partial charge >= 0.3 is 17.8 Å². The molecule has 102 valence electrons. The molecule has 1 aliphatic heterocycles. The summed E-state index contributed by atoms with van der Waals surface area (Å²) in [4.78, 5) is 40.7. The van der Waals surface area contributed by atoms with Crippen LogP contribution in [0.15, 0.2) is 4.52 Å². The molecule has 2 rings (SSSR count). The molecule has 0 bridgehead atoms. The molecule has 0 N–H and O–H groups in total. The predicted octanol–water partition coefficient (Wildman–Crippen LogP) is 0.333. The van der Waals surface area contributed by atoms with Gasteiger partial charge in [-0.1, -0.05) is 12.1 Å². The van der Waals surface area contributed by atoms with Crippen molar-refractivity contribution in [1.82, 2.24) is 19.9 Å². The number of urea groups is 1. The predicted molar refractivity (Wildman–Crippen MR) is 61.6 cm³/mol. The van der Waals surface area contributed by atoms with Gasteiger partial charge in [0.15, 0.2) is 5.82 Å². The summed E-state index contributed by atoms with van der Waals surface area (Å²) in [6, 6.07) is -0.639. The average Bonchev–Trinajstić information content (AvgIpc) is 2.90. The van der Waals surface area contributed by atoms with E-state index in [4.69, 9.17) is 4.52 Å². The van der Waals surface area contributed by atoms with E-state index in [9.17, 15) is 14.4 Å². The van der Waals surface area contributed by atoms with Gasteiger partial charge in [0.05, 0.1) is 6.54 Å². The summed E-state index contributed by atoms with van der Waals surface area (Å²) < 4.78 is 4.96. The highest BCUT2D eigenvalue weighted by molar-refractivity contribution is 6.44. The molecule has 8 heteroatoms. The zero-order chi connectivity index (χ0) is 14.0. The van der Waals surface area contributed by atoms with E-state index >= 15 is 0 Å². The number of aryl methyl sites for hydroxylation is 1. The van der Waals surface area contributed by atoms with Gasteiger partial charge in [-0.2, -0.15) is 4.98 Å². The van der Waals surface area contributed by atoms with Gasteiger partial charge in [0, 0.05) is 13.0 Å². The summed E-state index contributed by atoms with van der Waals surface area (Å²) in [6.07, 6.45) is 1.49. The van der Waals surface area contributed by atoms with Crippen molar-refractivity contribution >= 4 is 17.8 Å². The molecule has 0 unspecified atom stereocenters. The lowest BCUT2D eigenvalue weighted by atomic mass is 10.3. The molecular formula is C11H14N4O4. The monoisotopic (exact) mass is 266 g/mol. The Morgan fingerprint density at radius 1 is 1.11 bits per heavy atom. The maximum Gasteiger partial charge on any atom is 0.334 e. The standard InChI is InChI=1S/C11H14N4O4/c1-3-5-8-12-7(13-19-8)6-15-10(17)9(16)14(4-2)11(15)18/h3-6H2,1-2H3. The number of hydrogen-bond acceptors (Lipinski definition) is 6. The minimum atomic E-state index is -0.853. The second-order valence-corrected chi connectivity index (χ2v) is 4.08. The normalized spacial score (nSPS) is 15.8. The van der Waals surface area contributed by atoms with Crippen LogP contribution in [0, 0.1) is 0 Å². The summed E-state index contributed by atoms with van der Waals surface area (Å²) in [5.41, 5.74) is 0. The third-order valence-electron chi connectivity index (χ3n) is 2.72. The first-order valence-electron chi connectivity index (χ1n) is 6.07. The molecule has 8 nitrogen and oxygen atoms in total. The number of nitrogens with zero attached hydrogens (tertiary/aromatic N) is 4. The number of carbonyl (C=O) groups is 3. The van der Waals surface area contributed by atoms with Crippen LogP contribution in [0.3, 0.4) is 0 Å². The summed E-state index contributed by atoms with van der Waals surface area (Å²) in [6.45, 7) is 3.61. The molecule has 1 aromatic rings. The first-order chi connectivity index (χ1) is 9.08. The number of aromatic nitrogens is 2. The van der Waals surface area contributed by atoms with Crippen molar-refractivity contribution in [2.45, 2.75) is 33.2 Å². The van der Waals surface area contributed by atoms with Crippen molar-refractivity contribution in [3.63, 3.8) is 0 Å². The number of imide groups is 2. The zero-order valence-electron chi connectivity index (χ0n) is 10.8. The number of hydrogen-bond donors (Lipinski definition) is 0. The first-order valence-corrected chi connectivity index (χ1v) is 6.07. The van der Waals surface area contributed by atoms with Crippen LogP contribution in [0.2, 0.25) is 0 Å². The van der Waals surface area contributed by atoms with Crippen LogP contribution in [0.5, 0.6) is 0 Å². The second kappa shape index (κ2) is 5.17. The van der Waals surface area contributed by atoms with Gasteiger partial charge < -0.3 is 4.52 Å². The smallest absolute Gasteiger partial charge is 0.334 e. The lowest BCUT2D eigenvalue weighted by molar-refractivity contribution is -0.143. The summed E-state index contributed by atoms with van der Waals surface area (Å²) in [7, 11) is 0. The lowest BCUT2D eigenvalue weighted by Gasteiger charge is -2.11. The van der Waals surface area contributed by atoms with Gasteiger partial charge in [-0.05, 0) is 13.3 Å². The minimum absolute atomic E-state index is 0.146. The Morgan fingerprint density at radius 2 is 1.79 bits per heavy atom. The maximum absolute atomic E-state index is 11.8. The molecule has 0 radical (unpaired) electrons. The van der Waals surface area contributed by atoms with Crippen molar-refractivity contribution < 1.29 is 18.9 Å². The van der Waals surface area contributed by atoms with Crippen LogP contribution in [-0.2, 0) is 22.6 Å². The number of amides is 4. The molecule has 1 aliphatic rings. The van der Waals surface area contributed by atoms with Crippen LogP contribution in [-0.4, -0.2) is 44.3 Å². The molecule has 1 aromatic heterocycles. The summed E-state index contributed by atoms with van der Waals surface area (Å²) >= 11 is 0. The highest BCUT2D eigenvalue weighted by atomic mass is 16.5.